The maximum atomic E-state index is 11.1. The van der Waals surface area contributed by atoms with Crippen molar-refractivity contribution in [1.82, 2.24) is 10.2 Å². The summed E-state index contributed by atoms with van der Waals surface area (Å²) in [6.45, 7) is 3.73. The fraction of sp³-hybridized carbons (Fsp3) is 0.500. The zero-order valence-corrected chi connectivity index (χ0v) is 7.57. The van der Waals surface area contributed by atoms with Crippen LogP contribution in [0.1, 0.15) is 13.8 Å². The van der Waals surface area contributed by atoms with E-state index in [1.165, 1.54) is 11.0 Å². The van der Waals surface area contributed by atoms with Crippen molar-refractivity contribution >= 4 is 11.9 Å². The van der Waals surface area contributed by atoms with E-state index in [0.717, 1.165) is 0 Å². The van der Waals surface area contributed by atoms with Gasteiger partial charge in [-0.15, -0.1) is 0 Å². The van der Waals surface area contributed by atoms with Gasteiger partial charge in [0.1, 0.15) is 0 Å². The molecule has 1 rings (SSSR count). The Morgan fingerprint density at radius 2 is 2.23 bits per heavy atom. The fourth-order valence-electron chi connectivity index (χ4n) is 1.23. The van der Waals surface area contributed by atoms with Crippen molar-refractivity contribution in [2.75, 3.05) is 6.54 Å². The molecular formula is C8H12N2O3. The van der Waals surface area contributed by atoms with E-state index in [-0.39, 0.29) is 5.57 Å². The van der Waals surface area contributed by atoms with Gasteiger partial charge in [0.15, 0.2) is 6.23 Å². The summed E-state index contributed by atoms with van der Waals surface area (Å²) in [6.07, 6.45) is 0.381. The smallest absolute Gasteiger partial charge is 0.326 e. The van der Waals surface area contributed by atoms with E-state index >= 15 is 0 Å². The molecule has 5 heteroatoms. The van der Waals surface area contributed by atoms with E-state index in [9.17, 15) is 14.7 Å². The number of nitrogens with one attached hydrogen (secondary N) is 1. The van der Waals surface area contributed by atoms with Gasteiger partial charge in [-0.3, -0.25) is 15.0 Å². The van der Waals surface area contributed by atoms with Gasteiger partial charge in [0.2, 0.25) is 0 Å². The molecule has 13 heavy (non-hydrogen) atoms. The van der Waals surface area contributed by atoms with E-state index in [4.69, 9.17) is 0 Å². The minimum Gasteiger partial charge on any atom is -0.369 e. The lowest BCUT2D eigenvalue weighted by Crippen LogP contribution is -2.56. The Morgan fingerprint density at radius 1 is 1.62 bits per heavy atom. The molecule has 0 radical (unpaired) electrons. The minimum absolute atomic E-state index is 0.210. The first kappa shape index (κ1) is 9.73. The van der Waals surface area contributed by atoms with Gasteiger partial charge < -0.3 is 5.11 Å². The summed E-state index contributed by atoms with van der Waals surface area (Å²) in [5, 5.41) is 11.7. The summed E-state index contributed by atoms with van der Waals surface area (Å²) in [6, 6.07) is -0.550. The number of imide groups is 1. The highest BCUT2D eigenvalue weighted by molar-refractivity contribution is 6.07. The van der Waals surface area contributed by atoms with Gasteiger partial charge in [-0.25, -0.2) is 4.79 Å². The summed E-state index contributed by atoms with van der Waals surface area (Å²) in [5.74, 6) is -0.523. The average Bonchev–Trinajstić information content (AvgIpc) is 2.04. The molecule has 1 aliphatic heterocycles. The molecule has 72 valence electrons. The molecular weight excluding hydrogens is 172 g/mol. The van der Waals surface area contributed by atoms with Crippen LogP contribution in [0.3, 0.4) is 0 Å². The maximum Gasteiger partial charge on any atom is 0.326 e. The van der Waals surface area contributed by atoms with E-state index in [2.05, 4.69) is 5.32 Å². The quantitative estimate of drug-likeness (QED) is 0.555. The van der Waals surface area contributed by atoms with Gasteiger partial charge >= 0.3 is 6.03 Å². The number of rotatable bonds is 1. The number of urea groups is 1. The van der Waals surface area contributed by atoms with Crippen LogP contribution in [-0.4, -0.2) is 34.7 Å². The number of hydrogen-bond donors (Lipinski definition) is 2. The molecule has 0 aromatic carbocycles. The Kier molecular flexibility index (Phi) is 2.67. The highest BCUT2D eigenvalue weighted by Gasteiger charge is 2.33. The third-order valence-corrected chi connectivity index (χ3v) is 1.97. The molecule has 0 bridgehead atoms. The van der Waals surface area contributed by atoms with Crippen LogP contribution in [0, 0.1) is 0 Å². The first-order valence-electron chi connectivity index (χ1n) is 4.08. The minimum atomic E-state index is -1.11. The fourth-order valence-corrected chi connectivity index (χ4v) is 1.23. The second kappa shape index (κ2) is 3.57. The van der Waals surface area contributed by atoms with Crippen LogP contribution in [0.2, 0.25) is 0 Å². The highest BCUT2D eigenvalue weighted by Crippen LogP contribution is 2.13. The Balaban J connectivity index is 2.94. The van der Waals surface area contributed by atoms with Gasteiger partial charge in [-0.2, -0.15) is 0 Å². The van der Waals surface area contributed by atoms with Crippen LogP contribution < -0.4 is 5.32 Å². The Morgan fingerprint density at radius 3 is 2.69 bits per heavy atom. The van der Waals surface area contributed by atoms with Crippen LogP contribution in [0.4, 0.5) is 4.79 Å². The van der Waals surface area contributed by atoms with Gasteiger partial charge in [-0.1, -0.05) is 6.08 Å². The molecule has 2 N–H and O–H groups in total. The van der Waals surface area contributed by atoms with Crippen molar-refractivity contribution in [3.05, 3.63) is 11.6 Å². The van der Waals surface area contributed by atoms with Crippen molar-refractivity contribution in [3.63, 3.8) is 0 Å². The predicted molar refractivity (Wildman–Crippen MR) is 45.7 cm³/mol. The Labute approximate surface area is 76.0 Å². The van der Waals surface area contributed by atoms with E-state index in [1.54, 1.807) is 13.8 Å². The molecule has 3 amide bonds. The zero-order chi connectivity index (χ0) is 10.0. The van der Waals surface area contributed by atoms with Gasteiger partial charge in [0.05, 0.1) is 5.57 Å². The van der Waals surface area contributed by atoms with Crippen molar-refractivity contribution in [3.8, 4) is 0 Å². The molecule has 1 atom stereocenters. The molecule has 1 unspecified atom stereocenters. The summed E-state index contributed by atoms with van der Waals surface area (Å²) >= 11 is 0. The van der Waals surface area contributed by atoms with Gasteiger partial charge in [0, 0.05) is 6.54 Å². The van der Waals surface area contributed by atoms with Crippen LogP contribution in [0.5, 0.6) is 0 Å². The van der Waals surface area contributed by atoms with Crippen LogP contribution >= 0.6 is 0 Å². The molecule has 1 saturated heterocycles. The van der Waals surface area contributed by atoms with E-state index in [0.29, 0.717) is 6.54 Å². The molecule has 1 fully saturated rings. The standard InChI is InChI=1S/C8H12N2O3/c1-3-5-6(11)9-8(13)10(4-2)7(5)12/h3,7,12H,4H2,1-2H3,(H,9,11,13). The third-order valence-electron chi connectivity index (χ3n) is 1.97. The number of nitrogens with zero attached hydrogens (tertiary/aromatic N) is 1. The van der Waals surface area contributed by atoms with Crippen molar-refractivity contribution in [2.45, 2.75) is 20.1 Å². The second-order valence-electron chi connectivity index (χ2n) is 2.66. The predicted octanol–water partition coefficient (Wildman–Crippen LogP) is -0.177. The summed E-state index contributed by atoms with van der Waals surface area (Å²) in [7, 11) is 0. The number of hydrogen-bond acceptors (Lipinski definition) is 3. The lowest BCUT2D eigenvalue weighted by Gasteiger charge is -2.32. The first-order chi connectivity index (χ1) is 6.11. The number of aliphatic hydroxyl groups excluding tert-OH is 1. The number of aliphatic hydroxyl groups is 1. The monoisotopic (exact) mass is 184 g/mol. The lowest BCUT2D eigenvalue weighted by molar-refractivity contribution is -0.120. The van der Waals surface area contributed by atoms with Crippen LogP contribution in [-0.2, 0) is 4.79 Å². The average molecular weight is 184 g/mol. The number of allylic oxidation sites excluding steroid dienone is 1. The largest absolute Gasteiger partial charge is 0.369 e. The maximum absolute atomic E-state index is 11.1. The number of likely N-dealkylation sites (N-methyl/N-ethyl adjacent to an activating group) is 1. The molecule has 0 aliphatic carbocycles. The molecule has 1 aliphatic rings. The van der Waals surface area contributed by atoms with E-state index in [1.807, 2.05) is 0 Å². The number of carbonyl (C=O) groups is 2. The van der Waals surface area contributed by atoms with Gasteiger partial charge in [0.25, 0.3) is 5.91 Å². The highest BCUT2D eigenvalue weighted by atomic mass is 16.3. The Bertz CT molecular complexity index is 273. The third kappa shape index (κ3) is 1.55. The number of amides is 3. The zero-order valence-electron chi connectivity index (χ0n) is 7.57. The molecule has 0 aromatic heterocycles. The topological polar surface area (TPSA) is 69.6 Å². The summed E-state index contributed by atoms with van der Waals surface area (Å²) in [4.78, 5) is 23.4. The SMILES string of the molecule is CC=C1C(=O)NC(=O)N(CC)C1O. The molecule has 0 spiro atoms. The van der Waals surface area contributed by atoms with Crippen LogP contribution in [0.15, 0.2) is 11.6 Å². The molecule has 0 saturated carbocycles. The Hall–Kier alpha value is -1.36. The summed E-state index contributed by atoms with van der Waals surface area (Å²) in [5.41, 5.74) is 0.210. The normalized spacial score (nSPS) is 26.5. The lowest BCUT2D eigenvalue weighted by atomic mass is 10.1. The van der Waals surface area contributed by atoms with Crippen molar-refractivity contribution in [2.24, 2.45) is 0 Å². The summed E-state index contributed by atoms with van der Waals surface area (Å²) < 4.78 is 0. The van der Waals surface area contributed by atoms with Crippen molar-refractivity contribution in [1.29, 1.82) is 0 Å². The van der Waals surface area contributed by atoms with Gasteiger partial charge in [-0.05, 0) is 13.8 Å². The molecule has 5 nitrogen and oxygen atoms in total. The molecule has 0 aromatic rings. The number of carbonyl (C=O) groups excluding carboxylic acids is 2. The van der Waals surface area contributed by atoms with Crippen molar-refractivity contribution < 1.29 is 14.7 Å². The van der Waals surface area contributed by atoms with E-state index < -0.39 is 18.2 Å². The van der Waals surface area contributed by atoms with Crippen LogP contribution in [0.25, 0.3) is 0 Å². The second-order valence-corrected chi connectivity index (χ2v) is 2.66. The first-order valence-corrected chi connectivity index (χ1v) is 4.08. The molecule has 1 heterocycles.